The second-order valence-corrected chi connectivity index (χ2v) is 3.96. The van der Waals surface area contributed by atoms with Crippen molar-refractivity contribution in [1.82, 2.24) is 4.57 Å². The van der Waals surface area contributed by atoms with Gasteiger partial charge in [-0.05, 0) is 38.3 Å². The minimum absolute atomic E-state index is 0.234. The van der Waals surface area contributed by atoms with Crippen molar-refractivity contribution in [3.8, 4) is 0 Å². The molecule has 0 bridgehead atoms. The fourth-order valence-electron chi connectivity index (χ4n) is 1.77. The van der Waals surface area contributed by atoms with Crippen LogP contribution in [-0.2, 0) is 16.0 Å². The zero-order valence-electron chi connectivity index (χ0n) is 10.9. The van der Waals surface area contributed by atoms with Crippen LogP contribution in [0.1, 0.15) is 35.8 Å². The van der Waals surface area contributed by atoms with Gasteiger partial charge in [-0.15, -0.1) is 0 Å². The number of carbonyl (C=O) groups excluding carboxylic acids is 1. The number of hydrogen-bond donors (Lipinski definition) is 0. The highest BCUT2D eigenvalue weighted by Crippen LogP contribution is 2.12. The van der Waals surface area contributed by atoms with Crippen LogP contribution < -0.4 is 0 Å². The van der Waals surface area contributed by atoms with Gasteiger partial charge in [0.15, 0.2) is 0 Å². The first-order chi connectivity index (χ1) is 8.20. The van der Waals surface area contributed by atoms with Crippen molar-refractivity contribution < 1.29 is 14.3 Å². The molecule has 17 heavy (non-hydrogen) atoms. The number of ether oxygens (including phenoxy) is 2. The van der Waals surface area contributed by atoms with Gasteiger partial charge in [-0.25, -0.2) is 4.79 Å². The van der Waals surface area contributed by atoms with Gasteiger partial charge in [0.05, 0.1) is 6.61 Å². The SMILES string of the molecule is CCOC(=O)c1c(C)ccn1CCCCOC. The summed E-state index contributed by atoms with van der Waals surface area (Å²) in [6.45, 7) is 5.74. The van der Waals surface area contributed by atoms with E-state index < -0.39 is 0 Å². The summed E-state index contributed by atoms with van der Waals surface area (Å²) in [6.07, 6.45) is 3.93. The number of unbranched alkanes of at least 4 members (excludes halogenated alkanes) is 1. The van der Waals surface area contributed by atoms with Gasteiger partial charge >= 0.3 is 5.97 Å². The Labute approximate surface area is 103 Å². The third-order valence-corrected chi connectivity index (χ3v) is 2.63. The van der Waals surface area contributed by atoms with Gasteiger partial charge in [-0.3, -0.25) is 0 Å². The van der Waals surface area contributed by atoms with E-state index in [0.717, 1.165) is 31.6 Å². The Morgan fingerprint density at radius 1 is 1.41 bits per heavy atom. The van der Waals surface area contributed by atoms with Gasteiger partial charge in [0.2, 0.25) is 0 Å². The molecule has 1 heterocycles. The van der Waals surface area contributed by atoms with E-state index >= 15 is 0 Å². The van der Waals surface area contributed by atoms with Crippen molar-refractivity contribution in [3.05, 3.63) is 23.5 Å². The number of nitrogens with zero attached hydrogens (tertiary/aromatic N) is 1. The van der Waals surface area contributed by atoms with Crippen LogP contribution in [0.15, 0.2) is 12.3 Å². The molecule has 1 rings (SSSR count). The Morgan fingerprint density at radius 3 is 2.82 bits per heavy atom. The first-order valence-corrected chi connectivity index (χ1v) is 6.02. The maximum absolute atomic E-state index is 11.8. The lowest BCUT2D eigenvalue weighted by Gasteiger charge is -2.09. The summed E-state index contributed by atoms with van der Waals surface area (Å²) in [5.41, 5.74) is 1.64. The quantitative estimate of drug-likeness (QED) is 0.542. The predicted molar refractivity (Wildman–Crippen MR) is 66.2 cm³/mol. The smallest absolute Gasteiger partial charge is 0.355 e. The molecule has 0 spiro atoms. The first kappa shape index (κ1) is 13.8. The Bertz CT molecular complexity index is 358. The van der Waals surface area contributed by atoms with Crippen molar-refractivity contribution in [2.45, 2.75) is 33.2 Å². The highest BCUT2D eigenvalue weighted by atomic mass is 16.5. The number of hydrogen-bond acceptors (Lipinski definition) is 3. The van der Waals surface area contributed by atoms with E-state index in [4.69, 9.17) is 9.47 Å². The molecule has 0 saturated carbocycles. The number of carbonyl (C=O) groups is 1. The number of aromatic nitrogens is 1. The zero-order valence-corrected chi connectivity index (χ0v) is 10.9. The van der Waals surface area contributed by atoms with E-state index in [-0.39, 0.29) is 5.97 Å². The van der Waals surface area contributed by atoms with Crippen LogP contribution in [-0.4, -0.2) is 30.9 Å². The van der Waals surface area contributed by atoms with Crippen LogP contribution in [0, 0.1) is 6.92 Å². The van der Waals surface area contributed by atoms with Crippen molar-refractivity contribution in [2.24, 2.45) is 0 Å². The van der Waals surface area contributed by atoms with Crippen LogP contribution in [0.3, 0.4) is 0 Å². The van der Waals surface area contributed by atoms with Gasteiger partial charge in [-0.2, -0.15) is 0 Å². The molecule has 1 aromatic heterocycles. The molecule has 0 aliphatic carbocycles. The molecular weight excluding hydrogens is 218 g/mol. The first-order valence-electron chi connectivity index (χ1n) is 6.02. The molecule has 0 radical (unpaired) electrons. The van der Waals surface area contributed by atoms with Gasteiger partial charge < -0.3 is 14.0 Å². The third kappa shape index (κ3) is 3.89. The van der Waals surface area contributed by atoms with Crippen LogP contribution in [0.2, 0.25) is 0 Å². The zero-order chi connectivity index (χ0) is 12.7. The van der Waals surface area contributed by atoms with Gasteiger partial charge in [0.1, 0.15) is 5.69 Å². The maximum atomic E-state index is 11.8. The minimum atomic E-state index is -0.234. The third-order valence-electron chi connectivity index (χ3n) is 2.63. The molecule has 96 valence electrons. The van der Waals surface area contributed by atoms with Crippen LogP contribution in [0.5, 0.6) is 0 Å². The highest BCUT2D eigenvalue weighted by Gasteiger charge is 2.15. The molecule has 4 nitrogen and oxygen atoms in total. The average molecular weight is 239 g/mol. The minimum Gasteiger partial charge on any atom is -0.461 e. The molecule has 0 amide bonds. The lowest BCUT2D eigenvalue weighted by Crippen LogP contribution is -2.13. The van der Waals surface area contributed by atoms with Crippen molar-refractivity contribution >= 4 is 5.97 Å². The van der Waals surface area contributed by atoms with E-state index in [9.17, 15) is 4.79 Å². The summed E-state index contributed by atoms with van der Waals surface area (Å²) < 4.78 is 12.0. The monoisotopic (exact) mass is 239 g/mol. The largest absolute Gasteiger partial charge is 0.461 e. The molecule has 0 aromatic carbocycles. The summed E-state index contributed by atoms with van der Waals surface area (Å²) in [5.74, 6) is -0.234. The van der Waals surface area contributed by atoms with Crippen molar-refractivity contribution in [2.75, 3.05) is 20.3 Å². The number of aryl methyl sites for hydroxylation is 2. The maximum Gasteiger partial charge on any atom is 0.355 e. The lowest BCUT2D eigenvalue weighted by atomic mass is 10.2. The second kappa shape index (κ2) is 7.12. The molecular formula is C13H21NO3. The normalized spacial score (nSPS) is 10.5. The van der Waals surface area contributed by atoms with Crippen LogP contribution in [0.4, 0.5) is 0 Å². The summed E-state index contributed by atoms with van der Waals surface area (Å²) in [6, 6.07) is 1.95. The molecule has 0 saturated heterocycles. The van der Waals surface area contributed by atoms with E-state index in [0.29, 0.717) is 12.3 Å². The van der Waals surface area contributed by atoms with E-state index in [2.05, 4.69) is 0 Å². The second-order valence-electron chi connectivity index (χ2n) is 3.96. The molecule has 0 N–H and O–H groups in total. The number of esters is 1. The van der Waals surface area contributed by atoms with Crippen molar-refractivity contribution in [1.29, 1.82) is 0 Å². The Kier molecular flexibility index (Phi) is 5.77. The summed E-state index contributed by atoms with van der Waals surface area (Å²) in [7, 11) is 1.70. The molecule has 0 unspecified atom stereocenters. The molecule has 0 fully saturated rings. The van der Waals surface area contributed by atoms with E-state index in [1.165, 1.54) is 0 Å². The van der Waals surface area contributed by atoms with Crippen LogP contribution >= 0.6 is 0 Å². The van der Waals surface area contributed by atoms with Crippen molar-refractivity contribution in [3.63, 3.8) is 0 Å². The molecule has 0 aliphatic rings. The predicted octanol–water partition coefficient (Wildman–Crippen LogP) is 2.40. The standard InChI is InChI=1S/C13H21NO3/c1-4-17-13(15)12-11(2)7-9-14(12)8-5-6-10-16-3/h7,9H,4-6,8,10H2,1-3H3. The summed E-state index contributed by atoms with van der Waals surface area (Å²) >= 11 is 0. The van der Waals surface area contributed by atoms with Gasteiger partial charge in [0, 0.05) is 26.5 Å². The Hall–Kier alpha value is -1.29. The summed E-state index contributed by atoms with van der Waals surface area (Å²) in [5, 5.41) is 0. The van der Waals surface area contributed by atoms with Crippen LogP contribution in [0.25, 0.3) is 0 Å². The molecule has 1 aromatic rings. The number of methoxy groups -OCH3 is 1. The topological polar surface area (TPSA) is 40.5 Å². The lowest BCUT2D eigenvalue weighted by molar-refractivity contribution is 0.0512. The Balaban J connectivity index is 2.62. The number of rotatable bonds is 7. The van der Waals surface area contributed by atoms with E-state index in [1.54, 1.807) is 7.11 Å². The molecule has 0 atom stereocenters. The molecule has 0 aliphatic heterocycles. The fraction of sp³-hybridized carbons (Fsp3) is 0.615. The molecule has 4 heteroatoms. The van der Waals surface area contributed by atoms with Gasteiger partial charge in [0.25, 0.3) is 0 Å². The highest BCUT2D eigenvalue weighted by molar-refractivity contribution is 5.89. The summed E-state index contributed by atoms with van der Waals surface area (Å²) in [4.78, 5) is 11.8. The Morgan fingerprint density at radius 2 is 2.18 bits per heavy atom. The average Bonchev–Trinajstić information content (AvgIpc) is 2.66. The van der Waals surface area contributed by atoms with Gasteiger partial charge in [-0.1, -0.05) is 0 Å². The fourth-order valence-corrected chi connectivity index (χ4v) is 1.77. The van der Waals surface area contributed by atoms with E-state index in [1.807, 2.05) is 30.7 Å².